The first-order valence-corrected chi connectivity index (χ1v) is 23.3. The fourth-order valence-electron chi connectivity index (χ4n) is 9.56. The van der Waals surface area contributed by atoms with E-state index in [2.05, 4.69) is 49.0 Å². The lowest BCUT2D eigenvalue weighted by atomic mass is 9.79. The molecule has 4 N–H and O–H groups in total. The van der Waals surface area contributed by atoms with Crippen molar-refractivity contribution in [2.75, 3.05) is 0 Å². The minimum absolute atomic E-state index is 0.0421. The van der Waals surface area contributed by atoms with Gasteiger partial charge in [0.05, 0.1) is 0 Å². The van der Waals surface area contributed by atoms with Gasteiger partial charge in [-0.25, -0.2) is 0 Å². The molecule has 0 saturated carbocycles. The highest BCUT2D eigenvalue weighted by molar-refractivity contribution is 5.79. The molecule has 0 aromatic rings. The highest BCUT2D eigenvalue weighted by Crippen LogP contribution is 2.38. The van der Waals surface area contributed by atoms with E-state index in [4.69, 9.17) is 0 Å². The molecule has 0 aromatic heterocycles. The van der Waals surface area contributed by atoms with Crippen molar-refractivity contribution >= 4 is 23.6 Å². The molecule has 2 atom stereocenters. The van der Waals surface area contributed by atoms with Gasteiger partial charge in [0.25, 0.3) is 0 Å². The summed E-state index contributed by atoms with van der Waals surface area (Å²) in [5.41, 5.74) is -2.16. The van der Waals surface area contributed by atoms with Gasteiger partial charge in [-0.1, -0.05) is 90.5 Å². The van der Waals surface area contributed by atoms with Crippen molar-refractivity contribution in [3.8, 4) is 0 Å². The molecule has 2 fully saturated rings. The van der Waals surface area contributed by atoms with Gasteiger partial charge in [-0.15, -0.1) is 20.5 Å². The Balaban J connectivity index is 1.61. The van der Waals surface area contributed by atoms with Crippen LogP contribution in [0.25, 0.3) is 0 Å². The maximum Gasteiger partial charge on any atom is 0.224 e. The third-order valence-electron chi connectivity index (χ3n) is 12.0. The molecule has 2 radical (unpaired) electrons. The molecule has 0 spiro atoms. The summed E-state index contributed by atoms with van der Waals surface area (Å²) in [6.45, 7) is 23.9. The van der Waals surface area contributed by atoms with Crippen LogP contribution in [0, 0.1) is 11.8 Å². The van der Waals surface area contributed by atoms with Crippen LogP contribution in [0.15, 0.2) is 24.3 Å². The minimum atomic E-state index is -0.539. The summed E-state index contributed by atoms with van der Waals surface area (Å²) in [5, 5.41) is 40.2. The number of hydroxylamine groups is 4. The van der Waals surface area contributed by atoms with E-state index in [-0.39, 0.29) is 60.6 Å². The Morgan fingerprint density at radius 1 is 0.500 bits per heavy atom. The second kappa shape index (κ2) is 24.7. The van der Waals surface area contributed by atoms with Crippen molar-refractivity contribution in [1.29, 1.82) is 0 Å². The predicted octanol–water partition coefficient (Wildman–Crippen LogP) is 8.81. The topological polar surface area (TPSA) is 163 Å². The number of carbonyl (C=O) groups excluding carboxylic acids is 4. The summed E-state index contributed by atoms with van der Waals surface area (Å²) in [6, 6.07) is -0.336. The highest BCUT2D eigenvalue weighted by atomic mass is 16.5. The molecule has 1 unspecified atom stereocenters. The van der Waals surface area contributed by atoms with Gasteiger partial charge in [0, 0.05) is 72.0 Å². The van der Waals surface area contributed by atoms with Gasteiger partial charge in [-0.3, -0.25) is 19.2 Å². The van der Waals surface area contributed by atoms with Gasteiger partial charge in [0.15, 0.2) is 0 Å². The lowest BCUT2D eigenvalue weighted by Gasteiger charge is -2.50. The number of nitrogens with one attached hydrogen (secondary N) is 4. The number of unbranched alkanes of at least 4 members (excludes halogenated alkanes) is 7. The quantitative estimate of drug-likeness (QED) is 0.0531. The van der Waals surface area contributed by atoms with E-state index in [1.54, 1.807) is 0 Å². The molecule has 344 valence electrons. The molecule has 2 aliphatic rings. The van der Waals surface area contributed by atoms with Crippen LogP contribution in [0.5, 0.6) is 0 Å². The zero-order valence-electron chi connectivity index (χ0n) is 39.8. The summed E-state index contributed by atoms with van der Waals surface area (Å²) < 4.78 is 0. The number of amides is 4. The van der Waals surface area contributed by atoms with Crippen LogP contribution in [0.2, 0.25) is 0 Å². The monoisotopic (exact) mass is 843 g/mol. The number of rotatable bonds is 25. The molecule has 4 amide bonds. The van der Waals surface area contributed by atoms with Gasteiger partial charge in [0.2, 0.25) is 23.6 Å². The molecule has 2 rings (SSSR count). The molecular weight excluding hydrogens is 757 g/mol. The first-order valence-electron chi connectivity index (χ1n) is 23.3. The van der Waals surface area contributed by atoms with Crippen LogP contribution in [0.1, 0.15) is 199 Å². The normalized spacial score (nSPS) is 20.7. The molecule has 0 aliphatic carbocycles. The summed E-state index contributed by atoms with van der Waals surface area (Å²) in [4.78, 5) is 51.1. The van der Waals surface area contributed by atoms with E-state index in [9.17, 15) is 29.6 Å². The fraction of sp³-hybridized carbons (Fsp3) is 0.833. The number of piperidine rings is 2. The van der Waals surface area contributed by atoms with Crippen molar-refractivity contribution < 1.29 is 29.6 Å². The SMILES string of the molecule is CC(C)CC(/C=C/CC(=O)NC1CC(C)(C)N([O])C(C)(C)C1)NC(=O)CCCCCCCCCCC(=O)N[C@@H](/C=C/CC(=O)NC1CC(C)(C)N([O])C(C)(C)C1)CC(C)C. The van der Waals surface area contributed by atoms with Crippen LogP contribution in [-0.4, -0.2) is 80.1 Å². The van der Waals surface area contributed by atoms with Gasteiger partial charge in [-0.05, 0) is 119 Å². The Morgan fingerprint density at radius 2 is 0.783 bits per heavy atom. The summed E-state index contributed by atoms with van der Waals surface area (Å²) in [7, 11) is 0. The maximum atomic E-state index is 12.8. The number of carbonyl (C=O) groups is 4. The third-order valence-corrected chi connectivity index (χ3v) is 12.0. The molecular formula is C48H86N6O6. The van der Waals surface area contributed by atoms with E-state index in [1.807, 2.05) is 79.7 Å². The smallest absolute Gasteiger partial charge is 0.224 e. The maximum absolute atomic E-state index is 12.8. The number of nitrogens with zero attached hydrogens (tertiary/aromatic N) is 2. The van der Waals surface area contributed by atoms with Crippen LogP contribution in [0.3, 0.4) is 0 Å². The standard InChI is InChI=1S/C48H86N6O6/c1-35(2)29-37(23-21-27-43(57)51-39-31-45(5,6)53(59)46(7,8)32-39)49-41(55)25-19-17-15-13-14-16-18-20-26-42(56)50-38(30-36(3)4)24-22-28-44(58)52-40-33-47(9,10)54(60)48(11,12)34-40/h21-24,35-40H,13-20,25-34H2,1-12H3,(H,49,55)(H,50,56)(H,51,57)(H,52,58)/b23-21+,24-22+/t37-,38?/m0/s1. The largest absolute Gasteiger partial charge is 0.353 e. The predicted molar refractivity (Wildman–Crippen MR) is 240 cm³/mol. The van der Waals surface area contributed by atoms with Crippen LogP contribution in [0.4, 0.5) is 0 Å². The van der Waals surface area contributed by atoms with Crippen molar-refractivity contribution in [2.24, 2.45) is 11.8 Å². The Hall–Kier alpha value is -2.80. The van der Waals surface area contributed by atoms with Gasteiger partial charge < -0.3 is 21.3 Å². The molecule has 2 aliphatic heterocycles. The Labute approximate surface area is 364 Å². The average Bonchev–Trinajstić information content (AvgIpc) is 3.09. The summed E-state index contributed by atoms with van der Waals surface area (Å²) >= 11 is 0. The van der Waals surface area contributed by atoms with E-state index < -0.39 is 22.2 Å². The molecule has 0 aromatic carbocycles. The molecule has 12 nitrogen and oxygen atoms in total. The first-order chi connectivity index (χ1) is 27.8. The fourth-order valence-corrected chi connectivity index (χ4v) is 9.56. The Morgan fingerprint density at radius 3 is 1.07 bits per heavy atom. The van der Waals surface area contributed by atoms with E-state index in [0.717, 1.165) is 74.3 Å². The first kappa shape index (κ1) is 53.3. The number of hydrogen-bond acceptors (Lipinski definition) is 6. The lowest BCUT2D eigenvalue weighted by Crippen LogP contribution is -2.62. The highest BCUT2D eigenvalue weighted by Gasteiger charge is 2.47. The zero-order valence-corrected chi connectivity index (χ0v) is 39.8. The Bertz CT molecular complexity index is 1270. The molecule has 2 saturated heterocycles. The van der Waals surface area contributed by atoms with Crippen LogP contribution in [-0.2, 0) is 29.6 Å². The zero-order chi connectivity index (χ0) is 45.3. The van der Waals surface area contributed by atoms with Crippen molar-refractivity contribution in [2.45, 2.75) is 245 Å². The van der Waals surface area contributed by atoms with Crippen molar-refractivity contribution in [1.82, 2.24) is 31.4 Å². The molecule has 12 heteroatoms. The minimum Gasteiger partial charge on any atom is -0.353 e. The van der Waals surface area contributed by atoms with Gasteiger partial charge in [0.1, 0.15) is 0 Å². The van der Waals surface area contributed by atoms with Crippen molar-refractivity contribution in [3.63, 3.8) is 0 Å². The van der Waals surface area contributed by atoms with Gasteiger partial charge in [-0.2, -0.15) is 0 Å². The number of hydrogen-bond donors (Lipinski definition) is 4. The second-order valence-electron chi connectivity index (χ2n) is 21.4. The van der Waals surface area contributed by atoms with Crippen molar-refractivity contribution in [3.05, 3.63) is 24.3 Å². The van der Waals surface area contributed by atoms with E-state index >= 15 is 0 Å². The van der Waals surface area contributed by atoms with Gasteiger partial charge >= 0.3 is 0 Å². The molecule has 60 heavy (non-hydrogen) atoms. The summed E-state index contributed by atoms with van der Waals surface area (Å²) in [6.07, 6.45) is 21.2. The third kappa shape index (κ3) is 19.9. The molecule has 2 heterocycles. The van der Waals surface area contributed by atoms with Crippen LogP contribution < -0.4 is 21.3 Å². The molecule has 0 bridgehead atoms. The average molecular weight is 843 g/mol. The van der Waals surface area contributed by atoms with Crippen LogP contribution >= 0.6 is 0 Å². The van der Waals surface area contributed by atoms with E-state index in [1.165, 1.54) is 0 Å². The summed E-state index contributed by atoms with van der Waals surface area (Å²) in [5.74, 6) is 0.732. The lowest BCUT2D eigenvalue weighted by molar-refractivity contribution is -0.290. The van der Waals surface area contributed by atoms with E-state index in [0.29, 0.717) is 50.4 Å². The second-order valence-corrected chi connectivity index (χ2v) is 21.4. The Kier molecular flexibility index (Phi) is 22.0.